The molecule has 0 aromatic heterocycles. The highest BCUT2D eigenvalue weighted by atomic mass is 79.9. The Morgan fingerprint density at radius 1 is 0.667 bits per heavy atom. The summed E-state index contributed by atoms with van der Waals surface area (Å²) in [6.45, 7) is 4.56. The fourth-order valence-electron chi connectivity index (χ4n) is 0.604. The molecule has 1 rings (SSSR count). The SMILES string of the molecule is Br.C1CNCCN1.N.N. The Hall–Kier alpha value is 0.320. The van der Waals surface area contributed by atoms with Crippen LogP contribution in [-0.4, -0.2) is 26.2 Å². The minimum absolute atomic E-state index is 0. The molecule has 0 amide bonds. The summed E-state index contributed by atoms with van der Waals surface area (Å²) in [5.74, 6) is 0. The van der Waals surface area contributed by atoms with Crippen LogP contribution in [0.1, 0.15) is 0 Å². The lowest BCUT2D eigenvalue weighted by atomic mass is 10.4. The molecule has 0 radical (unpaired) electrons. The molecular formula is C4H17BrN4. The van der Waals surface area contributed by atoms with Gasteiger partial charge in [0.1, 0.15) is 0 Å². The van der Waals surface area contributed by atoms with Crippen molar-refractivity contribution in [2.75, 3.05) is 26.2 Å². The molecule has 1 aliphatic heterocycles. The van der Waals surface area contributed by atoms with Crippen molar-refractivity contribution in [2.24, 2.45) is 0 Å². The van der Waals surface area contributed by atoms with E-state index in [9.17, 15) is 0 Å². The van der Waals surface area contributed by atoms with E-state index >= 15 is 0 Å². The van der Waals surface area contributed by atoms with Gasteiger partial charge in [-0.2, -0.15) is 0 Å². The first-order valence-electron chi connectivity index (χ1n) is 2.41. The molecule has 1 aliphatic rings. The number of hydrogen-bond acceptors (Lipinski definition) is 4. The normalized spacial score (nSPS) is 16.0. The molecule has 0 saturated carbocycles. The van der Waals surface area contributed by atoms with Gasteiger partial charge in [0, 0.05) is 26.2 Å². The van der Waals surface area contributed by atoms with Crippen molar-refractivity contribution in [1.82, 2.24) is 22.9 Å². The van der Waals surface area contributed by atoms with E-state index in [-0.39, 0.29) is 29.3 Å². The van der Waals surface area contributed by atoms with E-state index in [1.54, 1.807) is 0 Å². The van der Waals surface area contributed by atoms with E-state index in [0.29, 0.717) is 0 Å². The zero-order chi connectivity index (χ0) is 4.24. The van der Waals surface area contributed by atoms with Crippen molar-refractivity contribution in [3.63, 3.8) is 0 Å². The Labute approximate surface area is 66.7 Å². The van der Waals surface area contributed by atoms with Gasteiger partial charge in [-0.1, -0.05) is 0 Å². The Kier molecular flexibility index (Phi) is 20.0. The zero-order valence-electron chi connectivity index (χ0n) is 5.65. The van der Waals surface area contributed by atoms with E-state index < -0.39 is 0 Å². The van der Waals surface area contributed by atoms with Gasteiger partial charge in [-0.25, -0.2) is 0 Å². The highest BCUT2D eigenvalue weighted by Crippen LogP contribution is 1.65. The molecule has 0 aromatic carbocycles. The molecule has 0 unspecified atom stereocenters. The third-order valence-corrected chi connectivity index (χ3v) is 0.957. The molecule has 5 heteroatoms. The molecule has 0 aliphatic carbocycles. The van der Waals surface area contributed by atoms with E-state index in [1.807, 2.05) is 0 Å². The zero-order valence-corrected chi connectivity index (χ0v) is 7.36. The number of rotatable bonds is 0. The quantitative estimate of drug-likeness (QED) is 0.446. The summed E-state index contributed by atoms with van der Waals surface area (Å²) in [6, 6.07) is 0. The lowest BCUT2D eigenvalue weighted by Gasteiger charge is -2.11. The third kappa shape index (κ3) is 8.32. The van der Waals surface area contributed by atoms with E-state index in [2.05, 4.69) is 10.6 Å². The fraction of sp³-hybridized carbons (Fsp3) is 1.00. The molecule has 1 fully saturated rings. The van der Waals surface area contributed by atoms with Crippen LogP contribution in [0.2, 0.25) is 0 Å². The minimum atomic E-state index is 0. The molecule has 4 nitrogen and oxygen atoms in total. The van der Waals surface area contributed by atoms with Crippen LogP contribution in [0.5, 0.6) is 0 Å². The summed E-state index contributed by atoms with van der Waals surface area (Å²) < 4.78 is 0. The van der Waals surface area contributed by atoms with Crippen LogP contribution in [0.3, 0.4) is 0 Å². The first kappa shape index (κ1) is 16.2. The topological polar surface area (TPSA) is 94.1 Å². The smallest absolute Gasteiger partial charge is 0.00772 e. The Bertz CT molecular complexity index is 28.0. The summed E-state index contributed by atoms with van der Waals surface area (Å²) in [5.41, 5.74) is 0. The molecule has 0 aromatic rings. The van der Waals surface area contributed by atoms with Crippen molar-refractivity contribution in [3.8, 4) is 0 Å². The van der Waals surface area contributed by atoms with Crippen LogP contribution in [0.4, 0.5) is 0 Å². The monoisotopic (exact) mass is 200 g/mol. The predicted molar refractivity (Wildman–Crippen MR) is 46.1 cm³/mol. The van der Waals surface area contributed by atoms with Gasteiger partial charge in [0.2, 0.25) is 0 Å². The molecule has 8 N–H and O–H groups in total. The van der Waals surface area contributed by atoms with Gasteiger partial charge in [0.15, 0.2) is 0 Å². The summed E-state index contributed by atoms with van der Waals surface area (Å²) >= 11 is 0. The van der Waals surface area contributed by atoms with Gasteiger partial charge >= 0.3 is 0 Å². The first-order chi connectivity index (χ1) is 3.00. The second-order valence-electron chi connectivity index (χ2n) is 1.50. The standard InChI is InChI=1S/C4H10N2.BrH.2H3N/c1-2-6-4-3-5-1;;;/h5-6H,1-4H2;1H;2*1H3. The predicted octanol–water partition coefficient (Wildman–Crippen LogP) is 0.0811. The third-order valence-electron chi connectivity index (χ3n) is 0.957. The number of hydrogen-bond donors (Lipinski definition) is 4. The maximum absolute atomic E-state index is 3.22. The van der Waals surface area contributed by atoms with Gasteiger partial charge in [-0.15, -0.1) is 17.0 Å². The van der Waals surface area contributed by atoms with Gasteiger partial charge in [0.05, 0.1) is 0 Å². The minimum Gasteiger partial charge on any atom is -0.344 e. The van der Waals surface area contributed by atoms with Crippen molar-refractivity contribution in [3.05, 3.63) is 0 Å². The van der Waals surface area contributed by atoms with E-state index in [4.69, 9.17) is 0 Å². The molecule has 1 heterocycles. The maximum atomic E-state index is 3.22. The molecule has 0 atom stereocenters. The highest BCUT2D eigenvalue weighted by molar-refractivity contribution is 8.93. The van der Waals surface area contributed by atoms with Crippen LogP contribution in [-0.2, 0) is 0 Å². The van der Waals surface area contributed by atoms with E-state index in [0.717, 1.165) is 26.2 Å². The molecule has 0 spiro atoms. The summed E-state index contributed by atoms with van der Waals surface area (Å²) in [4.78, 5) is 0. The van der Waals surface area contributed by atoms with Crippen LogP contribution in [0, 0.1) is 0 Å². The molecular weight excluding hydrogens is 184 g/mol. The molecule has 0 bridgehead atoms. The Morgan fingerprint density at radius 2 is 0.889 bits per heavy atom. The second-order valence-corrected chi connectivity index (χ2v) is 1.50. The molecule has 60 valence electrons. The average Bonchev–Trinajstić information content (AvgIpc) is 1.72. The van der Waals surface area contributed by atoms with Crippen molar-refractivity contribution >= 4 is 17.0 Å². The first-order valence-corrected chi connectivity index (χ1v) is 2.41. The van der Waals surface area contributed by atoms with Gasteiger partial charge in [-0.3, -0.25) is 0 Å². The fourth-order valence-corrected chi connectivity index (χ4v) is 0.604. The van der Waals surface area contributed by atoms with Crippen LogP contribution >= 0.6 is 17.0 Å². The van der Waals surface area contributed by atoms with Crippen LogP contribution in [0.25, 0.3) is 0 Å². The number of halogens is 1. The summed E-state index contributed by atoms with van der Waals surface area (Å²) in [6.07, 6.45) is 0. The lowest BCUT2D eigenvalue weighted by molar-refractivity contribution is 0.534. The van der Waals surface area contributed by atoms with Crippen molar-refractivity contribution < 1.29 is 0 Å². The van der Waals surface area contributed by atoms with Gasteiger partial charge < -0.3 is 22.9 Å². The van der Waals surface area contributed by atoms with Gasteiger partial charge in [0.25, 0.3) is 0 Å². The van der Waals surface area contributed by atoms with Crippen molar-refractivity contribution in [1.29, 1.82) is 0 Å². The molecule has 9 heavy (non-hydrogen) atoms. The maximum Gasteiger partial charge on any atom is 0.00772 e. The highest BCUT2D eigenvalue weighted by Gasteiger charge is 1.91. The Morgan fingerprint density at radius 3 is 1.00 bits per heavy atom. The summed E-state index contributed by atoms with van der Waals surface area (Å²) in [5, 5.41) is 6.44. The van der Waals surface area contributed by atoms with Crippen molar-refractivity contribution in [2.45, 2.75) is 0 Å². The Balaban J connectivity index is -0.000000120. The number of piperazine rings is 1. The second kappa shape index (κ2) is 11.2. The van der Waals surface area contributed by atoms with E-state index in [1.165, 1.54) is 0 Å². The van der Waals surface area contributed by atoms with Crippen LogP contribution < -0.4 is 22.9 Å². The lowest BCUT2D eigenvalue weighted by Crippen LogP contribution is -2.39. The van der Waals surface area contributed by atoms with Crippen LogP contribution in [0.15, 0.2) is 0 Å². The number of nitrogens with one attached hydrogen (secondary N) is 2. The van der Waals surface area contributed by atoms with Gasteiger partial charge in [-0.05, 0) is 0 Å². The largest absolute Gasteiger partial charge is 0.344 e. The average molecular weight is 201 g/mol. The molecule has 1 saturated heterocycles. The summed E-state index contributed by atoms with van der Waals surface area (Å²) in [7, 11) is 0.